The molecule has 2 aliphatic rings. The minimum atomic E-state index is -0.416. The van der Waals surface area contributed by atoms with Crippen LogP contribution in [0.15, 0.2) is 42.6 Å². The van der Waals surface area contributed by atoms with Gasteiger partial charge in [0, 0.05) is 56.6 Å². The number of aromatic nitrogens is 1. The van der Waals surface area contributed by atoms with E-state index in [9.17, 15) is 9.59 Å². The number of anilines is 2. The van der Waals surface area contributed by atoms with Crippen LogP contribution in [-0.4, -0.2) is 49.0 Å². The van der Waals surface area contributed by atoms with Gasteiger partial charge in [-0.25, -0.2) is 4.98 Å². The Kier molecular flexibility index (Phi) is 5.64. The molecule has 29 heavy (non-hydrogen) atoms. The third-order valence-electron chi connectivity index (χ3n) is 5.67. The van der Waals surface area contributed by atoms with Gasteiger partial charge in [0.2, 0.25) is 11.8 Å². The Bertz CT molecular complexity index is 892. The maximum absolute atomic E-state index is 12.3. The van der Waals surface area contributed by atoms with Gasteiger partial charge in [0.1, 0.15) is 11.9 Å². The van der Waals surface area contributed by atoms with Crippen molar-refractivity contribution in [1.82, 2.24) is 15.6 Å². The normalized spacial score (nSPS) is 19.2. The van der Waals surface area contributed by atoms with Gasteiger partial charge in [-0.1, -0.05) is 24.3 Å². The smallest absolute Gasteiger partial charge is 0.242 e. The first-order valence-electron chi connectivity index (χ1n) is 10.2. The second-order valence-corrected chi connectivity index (χ2v) is 7.62. The first kappa shape index (κ1) is 19.2. The number of rotatable bonds is 5. The van der Waals surface area contributed by atoms with E-state index in [1.807, 2.05) is 12.1 Å². The molecule has 2 aromatic rings. The summed E-state index contributed by atoms with van der Waals surface area (Å²) in [5.41, 5.74) is 3.58. The number of carbonyl (C=O) groups excluding carboxylic acids is 2. The van der Waals surface area contributed by atoms with Crippen LogP contribution in [0.3, 0.4) is 0 Å². The number of piperazine rings is 1. The third-order valence-corrected chi connectivity index (χ3v) is 5.67. The monoisotopic (exact) mass is 393 g/mol. The number of hydrogen-bond acceptors (Lipinski definition) is 5. The van der Waals surface area contributed by atoms with E-state index in [2.05, 4.69) is 56.6 Å². The molecule has 2 N–H and O–H groups in total. The Morgan fingerprint density at radius 2 is 1.90 bits per heavy atom. The van der Waals surface area contributed by atoms with Gasteiger partial charge in [-0.05, 0) is 31.0 Å². The third kappa shape index (κ3) is 4.34. The molecule has 0 aliphatic carbocycles. The highest BCUT2D eigenvalue weighted by molar-refractivity contribution is 5.90. The predicted octanol–water partition coefficient (Wildman–Crippen LogP) is 1.61. The summed E-state index contributed by atoms with van der Waals surface area (Å²) in [5, 5.41) is 5.66. The number of nitrogens with one attached hydrogen (secondary N) is 2. The average molecular weight is 393 g/mol. The molecule has 2 amide bonds. The molecular weight excluding hydrogens is 366 g/mol. The number of carbonyl (C=O) groups is 2. The fourth-order valence-corrected chi connectivity index (χ4v) is 4.05. The molecule has 0 spiro atoms. The van der Waals surface area contributed by atoms with Gasteiger partial charge in [0.25, 0.3) is 0 Å². The Morgan fingerprint density at radius 3 is 2.62 bits per heavy atom. The van der Waals surface area contributed by atoms with Crippen LogP contribution in [0.25, 0.3) is 0 Å². The highest BCUT2D eigenvalue weighted by Crippen LogP contribution is 2.24. The summed E-state index contributed by atoms with van der Waals surface area (Å²) < 4.78 is 0. The zero-order valence-electron chi connectivity index (χ0n) is 16.7. The van der Waals surface area contributed by atoms with Crippen molar-refractivity contribution in [2.75, 3.05) is 36.0 Å². The van der Waals surface area contributed by atoms with Crippen LogP contribution in [0.4, 0.5) is 11.5 Å². The van der Waals surface area contributed by atoms with Crippen LogP contribution in [-0.2, 0) is 16.1 Å². The van der Waals surface area contributed by atoms with Crippen molar-refractivity contribution in [3.05, 3.63) is 53.7 Å². The molecule has 1 atom stereocenters. The van der Waals surface area contributed by atoms with Gasteiger partial charge in [0.05, 0.1) is 0 Å². The van der Waals surface area contributed by atoms with Crippen molar-refractivity contribution in [3.63, 3.8) is 0 Å². The molecule has 0 radical (unpaired) electrons. The Balaban J connectivity index is 1.38. The average Bonchev–Trinajstić information content (AvgIpc) is 3.19. The van der Waals surface area contributed by atoms with E-state index in [0.717, 1.165) is 37.6 Å². The topological polar surface area (TPSA) is 77.6 Å². The van der Waals surface area contributed by atoms with Gasteiger partial charge in [-0.2, -0.15) is 0 Å². The van der Waals surface area contributed by atoms with E-state index in [1.54, 1.807) is 6.20 Å². The fourth-order valence-electron chi connectivity index (χ4n) is 4.05. The van der Waals surface area contributed by atoms with Gasteiger partial charge in [-0.3, -0.25) is 9.59 Å². The van der Waals surface area contributed by atoms with Crippen molar-refractivity contribution >= 4 is 23.3 Å². The molecule has 7 heteroatoms. The molecule has 4 rings (SSSR count). The van der Waals surface area contributed by atoms with Crippen LogP contribution >= 0.6 is 0 Å². The molecule has 1 aromatic heterocycles. The van der Waals surface area contributed by atoms with Gasteiger partial charge in [0.15, 0.2) is 0 Å². The number of aryl methyl sites for hydroxylation is 1. The lowest BCUT2D eigenvalue weighted by atomic mass is 10.1. The number of pyridine rings is 1. The van der Waals surface area contributed by atoms with Gasteiger partial charge in [-0.15, -0.1) is 0 Å². The molecule has 2 fully saturated rings. The van der Waals surface area contributed by atoms with E-state index in [-0.39, 0.29) is 11.8 Å². The highest BCUT2D eigenvalue weighted by atomic mass is 16.2. The van der Waals surface area contributed by atoms with Crippen molar-refractivity contribution in [1.29, 1.82) is 0 Å². The highest BCUT2D eigenvalue weighted by Gasteiger charge is 2.27. The standard InChI is InChI=1S/C22H27N5O2/c1-16-5-2-3-7-19(16)26-11-13-27(14-12-26)21-17(6-4-10-23-21)15-24-22(29)18-8-9-20(28)25-18/h2-7,10,18H,8-9,11-15H2,1H3,(H,24,29)(H,25,28)/t18-/m1/s1. The van der Waals surface area contributed by atoms with Gasteiger partial charge >= 0.3 is 0 Å². The predicted molar refractivity (Wildman–Crippen MR) is 113 cm³/mol. The number of amides is 2. The molecule has 2 saturated heterocycles. The summed E-state index contributed by atoms with van der Waals surface area (Å²) in [6.07, 6.45) is 2.78. The van der Waals surface area contributed by atoms with E-state index < -0.39 is 6.04 Å². The maximum atomic E-state index is 12.3. The Hall–Kier alpha value is -3.09. The van der Waals surface area contributed by atoms with Crippen LogP contribution in [0.5, 0.6) is 0 Å². The first-order chi connectivity index (χ1) is 14.1. The lowest BCUT2D eigenvalue weighted by molar-refractivity contribution is -0.125. The molecule has 3 heterocycles. The lowest BCUT2D eigenvalue weighted by Crippen LogP contribution is -2.47. The van der Waals surface area contributed by atoms with Crippen LogP contribution in [0, 0.1) is 6.92 Å². The molecule has 0 saturated carbocycles. The van der Waals surface area contributed by atoms with Crippen LogP contribution in [0.1, 0.15) is 24.0 Å². The zero-order chi connectivity index (χ0) is 20.2. The lowest BCUT2D eigenvalue weighted by Gasteiger charge is -2.38. The van der Waals surface area contributed by atoms with Crippen LogP contribution < -0.4 is 20.4 Å². The maximum Gasteiger partial charge on any atom is 0.242 e. The van der Waals surface area contributed by atoms with E-state index in [4.69, 9.17) is 0 Å². The molecule has 152 valence electrons. The van der Waals surface area contributed by atoms with Crippen molar-refractivity contribution in [3.8, 4) is 0 Å². The first-order valence-corrected chi connectivity index (χ1v) is 10.2. The van der Waals surface area contributed by atoms with Gasteiger partial charge < -0.3 is 20.4 Å². The molecule has 0 unspecified atom stereocenters. The second-order valence-electron chi connectivity index (χ2n) is 7.62. The molecule has 7 nitrogen and oxygen atoms in total. The number of hydrogen-bond donors (Lipinski definition) is 2. The SMILES string of the molecule is Cc1ccccc1N1CCN(c2ncccc2CNC(=O)[C@H]2CCC(=O)N2)CC1. The fraction of sp³-hybridized carbons (Fsp3) is 0.409. The van der Waals surface area contributed by atoms with Crippen molar-refractivity contribution in [2.45, 2.75) is 32.4 Å². The summed E-state index contributed by atoms with van der Waals surface area (Å²) >= 11 is 0. The largest absolute Gasteiger partial charge is 0.368 e. The quantitative estimate of drug-likeness (QED) is 0.807. The van der Waals surface area contributed by atoms with E-state index in [1.165, 1.54) is 11.3 Å². The van der Waals surface area contributed by atoms with E-state index in [0.29, 0.717) is 19.4 Å². The van der Waals surface area contributed by atoms with Crippen molar-refractivity contribution in [2.24, 2.45) is 0 Å². The van der Waals surface area contributed by atoms with Crippen LogP contribution in [0.2, 0.25) is 0 Å². The summed E-state index contributed by atoms with van der Waals surface area (Å²) in [6, 6.07) is 12.0. The Labute approximate surface area is 171 Å². The Morgan fingerprint density at radius 1 is 1.14 bits per heavy atom. The number of benzene rings is 1. The summed E-state index contributed by atoms with van der Waals surface area (Å²) in [6.45, 7) is 6.18. The van der Waals surface area contributed by atoms with E-state index >= 15 is 0 Å². The second kappa shape index (κ2) is 8.51. The summed E-state index contributed by atoms with van der Waals surface area (Å²) in [7, 11) is 0. The summed E-state index contributed by atoms with van der Waals surface area (Å²) in [4.78, 5) is 32.9. The van der Waals surface area contributed by atoms with Crippen molar-refractivity contribution < 1.29 is 9.59 Å². The minimum Gasteiger partial charge on any atom is -0.368 e. The molecule has 2 aliphatic heterocycles. The molecular formula is C22H27N5O2. The number of nitrogens with zero attached hydrogens (tertiary/aromatic N) is 3. The summed E-state index contributed by atoms with van der Waals surface area (Å²) in [5.74, 6) is 0.737. The molecule has 0 bridgehead atoms. The minimum absolute atomic E-state index is 0.0567. The zero-order valence-corrected chi connectivity index (χ0v) is 16.7. The molecule has 1 aromatic carbocycles. The number of para-hydroxylation sites is 1.